The molecule has 0 amide bonds. The molecule has 4 nitrogen and oxygen atoms in total. The summed E-state index contributed by atoms with van der Waals surface area (Å²) >= 11 is 2.90. The number of nitrogens with zero attached hydrogens (tertiary/aromatic N) is 1. The highest BCUT2D eigenvalue weighted by atomic mass is 79.9. The van der Waals surface area contributed by atoms with Gasteiger partial charge in [0, 0.05) is 6.07 Å². The second-order valence-electron chi connectivity index (χ2n) is 2.40. The second-order valence-corrected chi connectivity index (χ2v) is 3.19. The van der Waals surface area contributed by atoms with Gasteiger partial charge in [-0.15, -0.1) is 0 Å². The molecule has 0 unspecified atom stereocenters. The zero-order valence-electron chi connectivity index (χ0n) is 7.29. The van der Waals surface area contributed by atoms with Gasteiger partial charge in [0.2, 0.25) is 5.82 Å². The molecule has 1 aromatic rings. The molecule has 76 valence electrons. The number of nitro groups is 1. The summed E-state index contributed by atoms with van der Waals surface area (Å²) in [6, 6.07) is 2.43. The molecule has 1 aromatic carbocycles. The molecule has 0 fully saturated rings. The lowest BCUT2D eigenvalue weighted by molar-refractivity contribution is -0.387. The minimum atomic E-state index is -0.916. The lowest BCUT2D eigenvalue weighted by Crippen LogP contribution is -1.97. The summed E-state index contributed by atoms with van der Waals surface area (Å²) in [4.78, 5) is 9.57. The molecule has 0 radical (unpaired) electrons. The molecule has 0 saturated carbocycles. The van der Waals surface area contributed by atoms with Gasteiger partial charge in [0.25, 0.3) is 0 Å². The third kappa shape index (κ3) is 2.01. The van der Waals surface area contributed by atoms with Crippen molar-refractivity contribution in [3.8, 4) is 5.75 Å². The van der Waals surface area contributed by atoms with Crippen LogP contribution in [-0.4, -0.2) is 11.5 Å². The number of ether oxygens (including phenoxy) is 1. The molecule has 1 rings (SSSR count). The van der Waals surface area contributed by atoms with Crippen LogP contribution < -0.4 is 4.74 Å². The van der Waals surface area contributed by atoms with Crippen molar-refractivity contribution in [2.24, 2.45) is 0 Å². The lowest BCUT2D eigenvalue weighted by Gasteiger charge is -2.05. The minimum Gasteiger partial charge on any atom is -0.493 e. The Labute approximate surface area is 88.0 Å². The van der Waals surface area contributed by atoms with Crippen LogP contribution in [0.25, 0.3) is 0 Å². The highest BCUT2D eigenvalue weighted by molar-refractivity contribution is 9.10. The average molecular weight is 264 g/mol. The Morgan fingerprint density at radius 2 is 2.29 bits per heavy atom. The summed E-state index contributed by atoms with van der Waals surface area (Å²) in [6.07, 6.45) is 0. The van der Waals surface area contributed by atoms with Gasteiger partial charge in [0.15, 0.2) is 0 Å². The smallest absolute Gasteiger partial charge is 0.306 e. The minimum absolute atomic E-state index is 0.0199. The first-order chi connectivity index (χ1) is 6.57. The van der Waals surface area contributed by atoms with Crippen molar-refractivity contribution < 1.29 is 14.1 Å². The molecule has 0 atom stereocenters. The van der Waals surface area contributed by atoms with Gasteiger partial charge < -0.3 is 4.74 Å². The van der Waals surface area contributed by atoms with Gasteiger partial charge in [-0.1, -0.05) is 0 Å². The van der Waals surface area contributed by atoms with Crippen LogP contribution in [0.4, 0.5) is 10.1 Å². The molecule has 14 heavy (non-hydrogen) atoms. The van der Waals surface area contributed by atoms with E-state index in [1.54, 1.807) is 6.92 Å². The van der Waals surface area contributed by atoms with Gasteiger partial charge >= 0.3 is 5.69 Å². The van der Waals surface area contributed by atoms with Crippen LogP contribution in [0.3, 0.4) is 0 Å². The predicted molar refractivity (Wildman–Crippen MR) is 51.9 cm³/mol. The van der Waals surface area contributed by atoms with E-state index in [9.17, 15) is 14.5 Å². The van der Waals surface area contributed by atoms with Crippen molar-refractivity contribution >= 4 is 21.6 Å². The van der Waals surface area contributed by atoms with E-state index in [1.165, 1.54) is 6.07 Å². The Hall–Kier alpha value is -1.17. The summed E-state index contributed by atoms with van der Waals surface area (Å²) in [7, 11) is 0. The number of rotatable bonds is 3. The first-order valence-electron chi connectivity index (χ1n) is 3.83. The van der Waals surface area contributed by atoms with Crippen molar-refractivity contribution in [1.82, 2.24) is 0 Å². The zero-order valence-corrected chi connectivity index (χ0v) is 8.88. The van der Waals surface area contributed by atoms with E-state index in [4.69, 9.17) is 4.74 Å². The quantitative estimate of drug-likeness (QED) is 0.623. The summed E-state index contributed by atoms with van der Waals surface area (Å²) in [5.74, 6) is -0.656. The Balaban J connectivity index is 3.19. The zero-order chi connectivity index (χ0) is 10.7. The molecule has 6 heteroatoms. The average Bonchev–Trinajstić information content (AvgIpc) is 2.13. The number of hydrogen-bond acceptors (Lipinski definition) is 3. The molecule has 0 aliphatic carbocycles. The Kier molecular flexibility index (Phi) is 3.40. The number of benzene rings is 1. The first-order valence-corrected chi connectivity index (χ1v) is 4.62. The molecule has 0 aromatic heterocycles. The van der Waals surface area contributed by atoms with Crippen LogP contribution in [-0.2, 0) is 0 Å². The summed E-state index contributed by atoms with van der Waals surface area (Å²) in [5, 5.41) is 10.3. The molecule has 0 bridgehead atoms. The largest absolute Gasteiger partial charge is 0.493 e. The van der Waals surface area contributed by atoms with E-state index >= 15 is 0 Å². The topological polar surface area (TPSA) is 52.4 Å². The van der Waals surface area contributed by atoms with Crippen molar-refractivity contribution in [2.75, 3.05) is 6.61 Å². The molecular formula is C8H7BrFNO3. The number of nitro benzene ring substituents is 1. The van der Waals surface area contributed by atoms with Crippen LogP contribution in [0.1, 0.15) is 6.92 Å². The second kappa shape index (κ2) is 4.36. The maximum atomic E-state index is 13.3. The SMILES string of the molecule is CCOc1ccc([N+](=O)[O-])c(F)c1Br. The van der Waals surface area contributed by atoms with Crippen molar-refractivity contribution in [2.45, 2.75) is 6.92 Å². The van der Waals surface area contributed by atoms with Crippen LogP contribution in [0.15, 0.2) is 16.6 Å². The van der Waals surface area contributed by atoms with E-state index in [0.29, 0.717) is 6.61 Å². The third-order valence-electron chi connectivity index (χ3n) is 1.52. The van der Waals surface area contributed by atoms with Crippen molar-refractivity contribution in [3.63, 3.8) is 0 Å². The van der Waals surface area contributed by atoms with Crippen LogP contribution in [0, 0.1) is 15.9 Å². The highest BCUT2D eigenvalue weighted by Gasteiger charge is 2.19. The van der Waals surface area contributed by atoms with Gasteiger partial charge in [-0.25, -0.2) is 0 Å². The van der Waals surface area contributed by atoms with E-state index in [1.807, 2.05) is 0 Å². The van der Waals surface area contributed by atoms with Crippen molar-refractivity contribution in [3.05, 3.63) is 32.5 Å². The summed E-state index contributed by atoms with van der Waals surface area (Å²) < 4.78 is 18.3. The van der Waals surface area contributed by atoms with E-state index in [0.717, 1.165) is 6.07 Å². The number of halogens is 2. The van der Waals surface area contributed by atoms with Gasteiger partial charge in [-0.2, -0.15) is 4.39 Å². The molecular weight excluding hydrogens is 257 g/mol. The fourth-order valence-electron chi connectivity index (χ4n) is 0.930. The Bertz CT molecular complexity index is 370. The van der Waals surface area contributed by atoms with Crippen LogP contribution >= 0.6 is 15.9 Å². The van der Waals surface area contributed by atoms with E-state index in [-0.39, 0.29) is 10.2 Å². The number of hydrogen-bond donors (Lipinski definition) is 0. The fraction of sp³-hybridized carbons (Fsp3) is 0.250. The monoisotopic (exact) mass is 263 g/mol. The van der Waals surface area contributed by atoms with Gasteiger partial charge in [0.05, 0.1) is 11.5 Å². The third-order valence-corrected chi connectivity index (χ3v) is 2.26. The first kappa shape index (κ1) is 10.9. The lowest BCUT2D eigenvalue weighted by atomic mass is 10.3. The van der Waals surface area contributed by atoms with Crippen LogP contribution in [0.2, 0.25) is 0 Å². The predicted octanol–water partition coefficient (Wildman–Crippen LogP) is 2.90. The van der Waals surface area contributed by atoms with E-state index in [2.05, 4.69) is 15.9 Å². The van der Waals surface area contributed by atoms with E-state index < -0.39 is 16.4 Å². The van der Waals surface area contributed by atoms with Gasteiger partial charge in [-0.05, 0) is 28.9 Å². The maximum Gasteiger partial charge on any atom is 0.306 e. The van der Waals surface area contributed by atoms with Gasteiger partial charge in [-0.3, -0.25) is 10.1 Å². The molecule has 0 saturated heterocycles. The fourth-order valence-corrected chi connectivity index (χ4v) is 1.38. The normalized spacial score (nSPS) is 9.93. The molecule has 0 spiro atoms. The summed E-state index contributed by atoms with van der Waals surface area (Å²) in [5.41, 5.74) is -0.569. The molecule has 0 heterocycles. The highest BCUT2D eigenvalue weighted by Crippen LogP contribution is 2.33. The Morgan fingerprint density at radius 3 is 2.79 bits per heavy atom. The van der Waals surface area contributed by atoms with Gasteiger partial charge in [0.1, 0.15) is 10.2 Å². The molecule has 0 aliphatic heterocycles. The van der Waals surface area contributed by atoms with Crippen LogP contribution in [0.5, 0.6) is 5.75 Å². The molecule has 0 aliphatic rings. The molecule has 0 N–H and O–H groups in total. The van der Waals surface area contributed by atoms with Crippen molar-refractivity contribution in [1.29, 1.82) is 0 Å². The maximum absolute atomic E-state index is 13.3. The Morgan fingerprint density at radius 1 is 1.64 bits per heavy atom. The summed E-state index contributed by atoms with van der Waals surface area (Å²) in [6.45, 7) is 2.11. The standard InChI is InChI=1S/C8H7BrFNO3/c1-2-14-6-4-3-5(11(12)13)8(10)7(6)9/h3-4H,2H2,1H3.